The number of aryl methyl sites for hydroxylation is 2. The van der Waals surface area contributed by atoms with Crippen molar-refractivity contribution in [2.75, 3.05) is 7.05 Å². The lowest BCUT2D eigenvalue weighted by Crippen LogP contribution is -2.28. The quantitative estimate of drug-likeness (QED) is 0.898. The fourth-order valence-electron chi connectivity index (χ4n) is 1.85. The predicted molar refractivity (Wildman–Crippen MR) is 81.5 cm³/mol. The third-order valence-electron chi connectivity index (χ3n) is 2.83. The maximum atomic E-state index is 12.6. The van der Waals surface area contributed by atoms with Crippen LogP contribution in [0, 0.1) is 13.8 Å². The predicted octanol–water partition coefficient (Wildman–Crippen LogP) is 2.34. The summed E-state index contributed by atoms with van der Waals surface area (Å²) in [7, 11) is -2.44. The van der Waals surface area contributed by atoms with Gasteiger partial charge in [-0.15, -0.1) is 22.7 Å². The molecule has 0 unspecified atom stereocenters. The highest BCUT2D eigenvalue weighted by molar-refractivity contribution is 7.89. The first-order valence-corrected chi connectivity index (χ1v) is 9.12. The van der Waals surface area contributed by atoms with Crippen LogP contribution < -0.4 is 0 Å². The third-order valence-corrected chi connectivity index (χ3v) is 6.86. The minimum absolute atomic E-state index is 0.112. The number of nitrogens with zero attached hydrogens (tertiary/aromatic N) is 2. The van der Waals surface area contributed by atoms with Crippen LogP contribution in [0.15, 0.2) is 15.7 Å². The first-order chi connectivity index (χ1) is 9.73. The SMILES string of the molecule is Cc1nc(CN(C)S(=O)(=O)c2c(C)csc2C(=O)O)cs1. The summed E-state index contributed by atoms with van der Waals surface area (Å²) in [6, 6.07) is 0. The van der Waals surface area contributed by atoms with Crippen LogP contribution in [0.25, 0.3) is 0 Å². The number of carbonyl (C=O) groups is 1. The first kappa shape index (κ1) is 16.1. The number of rotatable bonds is 5. The molecular formula is C12H14N2O4S3. The molecule has 0 amide bonds. The molecule has 6 nitrogen and oxygen atoms in total. The molecule has 9 heteroatoms. The number of hydrogen-bond donors (Lipinski definition) is 1. The van der Waals surface area contributed by atoms with Gasteiger partial charge in [0.1, 0.15) is 9.77 Å². The first-order valence-electron chi connectivity index (χ1n) is 5.92. The Balaban J connectivity index is 2.37. The molecule has 2 aromatic heterocycles. The lowest BCUT2D eigenvalue weighted by molar-refractivity contribution is 0.0698. The van der Waals surface area contributed by atoms with Crippen LogP contribution >= 0.6 is 22.7 Å². The Hall–Kier alpha value is -1.29. The second kappa shape index (κ2) is 5.84. The van der Waals surface area contributed by atoms with Crippen LogP contribution in [-0.2, 0) is 16.6 Å². The van der Waals surface area contributed by atoms with Crippen molar-refractivity contribution in [1.82, 2.24) is 9.29 Å². The highest BCUT2D eigenvalue weighted by Gasteiger charge is 2.30. The van der Waals surface area contributed by atoms with Gasteiger partial charge >= 0.3 is 5.97 Å². The topological polar surface area (TPSA) is 87.6 Å². The monoisotopic (exact) mass is 346 g/mol. The van der Waals surface area contributed by atoms with Gasteiger partial charge in [-0.1, -0.05) is 0 Å². The Bertz CT molecular complexity index is 776. The molecule has 2 rings (SSSR count). The van der Waals surface area contributed by atoms with Gasteiger partial charge in [0.2, 0.25) is 10.0 Å². The highest BCUT2D eigenvalue weighted by atomic mass is 32.2. The molecule has 2 aromatic rings. The molecule has 114 valence electrons. The molecule has 0 radical (unpaired) electrons. The Kier molecular flexibility index (Phi) is 4.47. The number of hydrogen-bond acceptors (Lipinski definition) is 6. The molecule has 1 N–H and O–H groups in total. The number of aromatic carboxylic acids is 1. The van der Waals surface area contributed by atoms with Crippen LogP contribution in [0.4, 0.5) is 0 Å². The molecule has 0 spiro atoms. The van der Waals surface area contributed by atoms with E-state index in [2.05, 4.69) is 4.98 Å². The maximum Gasteiger partial charge on any atom is 0.347 e. The number of carboxylic acid groups (broad SMARTS) is 1. The number of thiophene rings is 1. The molecule has 0 aliphatic heterocycles. The average molecular weight is 346 g/mol. The van der Waals surface area contributed by atoms with E-state index in [1.54, 1.807) is 12.3 Å². The van der Waals surface area contributed by atoms with Crippen molar-refractivity contribution in [1.29, 1.82) is 0 Å². The van der Waals surface area contributed by atoms with Gasteiger partial charge in [0.25, 0.3) is 0 Å². The summed E-state index contributed by atoms with van der Waals surface area (Å²) in [5, 5.41) is 13.3. The summed E-state index contributed by atoms with van der Waals surface area (Å²) in [5.41, 5.74) is 1.09. The summed E-state index contributed by atoms with van der Waals surface area (Å²) < 4.78 is 26.3. The van der Waals surface area contributed by atoms with Gasteiger partial charge in [0.05, 0.1) is 17.2 Å². The number of aromatic nitrogens is 1. The summed E-state index contributed by atoms with van der Waals surface area (Å²) in [6.07, 6.45) is 0. The lowest BCUT2D eigenvalue weighted by atomic mass is 10.3. The Morgan fingerprint density at radius 1 is 1.33 bits per heavy atom. The van der Waals surface area contributed by atoms with Gasteiger partial charge in [0.15, 0.2) is 0 Å². The molecule has 0 aliphatic carbocycles. The molecule has 0 saturated carbocycles. The van der Waals surface area contributed by atoms with Crippen molar-refractivity contribution in [3.05, 3.63) is 31.9 Å². The lowest BCUT2D eigenvalue weighted by Gasteiger charge is -2.16. The second-order valence-electron chi connectivity index (χ2n) is 4.50. The molecule has 0 aromatic carbocycles. The molecule has 21 heavy (non-hydrogen) atoms. The van der Waals surface area contributed by atoms with Crippen molar-refractivity contribution < 1.29 is 18.3 Å². The van der Waals surface area contributed by atoms with Crippen molar-refractivity contribution in [2.24, 2.45) is 0 Å². The zero-order valence-corrected chi connectivity index (χ0v) is 14.1. The fraction of sp³-hybridized carbons (Fsp3) is 0.333. The van der Waals surface area contributed by atoms with E-state index in [0.29, 0.717) is 11.3 Å². The molecule has 0 aliphatic rings. The van der Waals surface area contributed by atoms with Crippen molar-refractivity contribution in [3.63, 3.8) is 0 Å². The van der Waals surface area contributed by atoms with Crippen LogP contribution in [-0.4, -0.2) is 35.8 Å². The third kappa shape index (κ3) is 3.15. The molecular weight excluding hydrogens is 332 g/mol. The van der Waals surface area contributed by atoms with Crippen LogP contribution in [0.3, 0.4) is 0 Å². The van der Waals surface area contributed by atoms with E-state index in [-0.39, 0.29) is 16.3 Å². The van der Waals surface area contributed by atoms with Crippen LogP contribution in [0.2, 0.25) is 0 Å². The van der Waals surface area contributed by atoms with Gasteiger partial charge < -0.3 is 5.11 Å². The number of sulfonamides is 1. The Morgan fingerprint density at radius 3 is 2.52 bits per heavy atom. The van der Waals surface area contributed by atoms with Gasteiger partial charge in [-0.2, -0.15) is 4.31 Å². The summed E-state index contributed by atoms with van der Waals surface area (Å²) >= 11 is 2.36. The van der Waals surface area contributed by atoms with E-state index in [4.69, 9.17) is 5.11 Å². The smallest absolute Gasteiger partial charge is 0.347 e. The summed E-state index contributed by atoms with van der Waals surface area (Å²) in [6.45, 7) is 3.55. The Labute approximate surface area is 130 Å². The van der Waals surface area contributed by atoms with Crippen molar-refractivity contribution in [2.45, 2.75) is 25.3 Å². The number of carboxylic acids is 1. The van der Waals surface area contributed by atoms with Crippen molar-refractivity contribution in [3.8, 4) is 0 Å². The van der Waals surface area contributed by atoms with E-state index in [9.17, 15) is 13.2 Å². The van der Waals surface area contributed by atoms with Gasteiger partial charge in [-0.25, -0.2) is 18.2 Å². The maximum absolute atomic E-state index is 12.6. The number of thiazole rings is 1. The largest absolute Gasteiger partial charge is 0.477 e. The van der Waals surface area contributed by atoms with Crippen molar-refractivity contribution >= 4 is 38.7 Å². The minimum Gasteiger partial charge on any atom is -0.477 e. The summed E-state index contributed by atoms with van der Waals surface area (Å²) in [4.78, 5) is 15.1. The van der Waals surface area contributed by atoms with Crippen LogP contribution in [0.5, 0.6) is 0 Å². The van der Waals surface area contributed by atoms with E-state index in [1.165, 1.54) is 23.8 Å². The van der Waals surface area contributed by atoms with E-state index in [1.807, 2.05) is 6.92 Å². The van der Waals surface area contributed by atoms with E-state index in [0.717, 1.165) is 20.6 Å². The van der Waals surface area contributed by atoms with Gasteiger partial charge in [-0.05, 0) is 24.8 Å². The minimum atomic E-state index is -3.86. The summed E-state index contributed by atoms with van der Waals surface area (Å²) in [5.74, 6) is -1.23. The standard InChI is InChI=1S/C12H14N2O4S3/c1-7-5-20-10(12(15)16)11(7)21(17,18)14(3)4-9-6-19-8(2)13-9/h5-6H,4H2,1-3H3,(H,15,16). The molecule has 0 bridgehead atoms. The van der Waals surface area contributed by atoms with Gasteiger partial charge in [-0.3, -0.25) is 0 Å². The van der Waals surface area contributed by atoms with Crippen LogP contribution in [0.1, 0.15) is 25.9 Å². The normalized spacial score (nSPS) is 12.0. The fourth-order valence-corrected chi connectivity index (χ4v) is 5.17. The zero-order valence-electron chi connectivity index (χ0n) is 11.7. The van der Waals surface area contributed by atoms with Gasteiger partial charge in [0, 0.05) is 12.4 Å². The zero-order chi connectivity index (χ0) is 15.8. The molecule has 0 atom stereocenters. The van der Waals surface area contributed by atoms with E-state index < -0.39 is 16.0 Å². The molecule has 2 heterocycles. The highest BCUT2D eigenvalue weighted by Crippen LogP contribution is 2.29. The second-order valence-corrected chi connectivity index (χ2v) is 8.42. The molecule has 0 fully saturated rings. The molecule has 0 saturated heterocycles. The average Bonchev–Trinajstić information content (AvgIpc) is 2.95. The van der Waals surface area contributed by atoms with E-state index >= 15 is 0 Å². The Morgan fingerprint density at radius 2 is 2.00 bits per heavy atom.